The summed E-state index contributed by atoms with van der Waals surface area (Å²) in [5, 5.41) is 20.2. The molecule has 4 aliphatic rings. The molecule has 8 atom stereocenters. The maximum atomic E-state index is 10.2. The third-order valence-corrected chi connectivity index (χ3v) is 8.08. The summed E-state index contributed by atoms with van der Waals surface area (Å²) in [6, 6.07) is 0. The predicted octanol–water partition coefficient (Wildman–Crippen LogP) is 6.36. The summed E-state index contributed by atoms with van der Waals surface area (Å²) in [5.74, 6) is 3.79. The van der Waals surface area contributed by atoms with Crippen LogP contribution in [0.2, 0.25) is 0 Å². The van der Waals surface area contributed by atoms with Gasteiger partial charge in [0.2, 0.25) is 0 Å². The van der Waals surface area contributed by atoms with E-state index in [0.29, 0.717) is 11.3 Å². The molecule has 2 N–H and O–H groups in total. The second-order valence-electron chi connectivity index (χ2n) is 9.67. The maximum absolute atomic E-state index is 10.2. The van der Waals surface area contributed by atoms with Crippen molar-refractivity contribution in [3.8, 4) is 0 Å². The van der Waals surface area contributed by atoms with Crippen LogP contribution in [-0.4, -0.2) is 22.4 Å². The standard InChI is InChI=1S/C20H32O2.C3H8.C2H6/c1-12(21)18-7-8-19-17-5-3-13-11-14(22)4-6-15(13)16(17)9-10-20(18,19)2;1-3-2;1-2/h3,12,14-19,21-22H,4-11H2,1-2H3;3H2,1-2H3;1-2H3. The first-order valence-corrected chi connectivity index (χ1v) is 12.0. The number of fused-ring (bicyclic) bond motifs is 5. The van der Waals surface area contributed by atoms with Crippen LogP contribution in [0.5, 0.6) is 0 Å². The second-order valence-corrected chi connectivity index (χ2v) is 9.67. The molecule has 0 aromatic rings. The van der Waals surface area contributed by atoms with E-state index in [-0.39, 0.29) is 12.2 Å². The minimum atomic E-state index is -0.147. The van der Waals surface area contributed by atoms with Crippen molar-refractivity contribution >= 4 is 0 Å². The SMILES string of the molecule is CC.CC(O)C1CCC2C3CC=C4CC(O)CCC4C3CCC12C.CCC. The van der Waals surface area contributed by atoms with Crippen LogP contribution in [0.15, 0.2) is 11.6 Å². The lowest BCUT2D eigenvalue weighted by Gasteiger charge is -2.54. The lowest BCUT2D eigenvalue weighted by molar-refractivity contribution is -0.0456. The van der Waals surface area contributed by atoms with Crippen molar-refractivity contribution in [2.75, 3.05) is 0 Å². The van der Waals surface area contributed by atoms with Crippen molar-refractivity contribution < 1.29 is 10.2 Å². The Morgan fingerprint density at radius 3 is 2.37 bits per heavy atom. The van der Waals surface area contributed by atoms with Crippen LogP contribution in [0.4, 0.5) is 0 Å². The minimum absolute atomic E-state index is 0.0843. The van der Waals surface area contributed by atoms with Gasteiger partial charge in [0.1, 0.15) is 0 Å². The summed E-state index contributed by atoms with van der Waals surface area (Å²) >= 11 is 0. The highest BCUT2D eigenvalue weighted by Gasteiger charge is 2.56. The van der Waals surface area contributed by atoms with Crippen LogP contribution in [0.3, 0.4) is 0 Å². The normalized spacial score (nSPS) is 43.5. The zero-order valence-corrected chi connectivity index (χ0v) is 18.9. The van der Waals surface area contributed by atoms with Gasteiger partial charge in [0, 0.05) is 0 Å². The van der Waals surface area contributed by atoms with E-state index in [0.717, 1.165) is 36.5 Å². The van der Waals surface area contributed by atoms with E-state index >= 15 is 0 Å². The molecule has 27 heavy (non-hydrogen) atoms. The predicted molar refractivity (Wildman–Crippen MR) is 116 cm³/mol. The van der Waals surface area contributed by atoms with Crippen LogP contribution in [0, 0.1) is 35.0 Å². The molecule has 2 heteroatoms. The fourth-order valence-corrected chi connectivity index (χ4v) is 7.08. The summed E-state index contributed by atoms with van der Waals surface area (Å²) < 4.78 is 0. The average molecular weight is 379 g/mol. The van der Waals surface area contributed by atoms with Crippen molar-refractivity contribution in [2.24, 2.45) is 35.0 Å². The first-order valence-electron chi connectivity index (χ1n) is 12.0. The Kier molecular flexibility index (Phi) is 8.43. The Bertz CT molecular complexity index is 483. The van der Waals surface area contributed by atoms with E-state index in [1.807, 2.05) is 20.8 Å². The Balaban J connectivity index is 0.000000478. The first kappa shape index (κ1) is 22.9. The van der Waals surface area contributed by atoms with E-state index in [1.165, 1.54) is 44.9 Å². The summed E-state index contributed by atoms with van der Waals surface area (Å²) in [6.45, 7) is 12.7. The Morgan fingerprint density at radius 2 is 1.74 bits per heavy atom. The van der Waals surface area contributed by atoms with Crippen LogP contribution >= 0.6 is 0 Å². The van der Waals surface area contributed by atoms with E-state index in [9.17, 15) is 10.2 Å². The first-order chi connectivity index (χ1) is 12.9. The van der Waals surface area contributed by atoms with Crippen molar-refractivity contribution in [1.29, 1.82) is 0 Å². The summed E-state index contributed by atoms with van der Waals surface area (Å²) in [4.78, 5) is 0. The molecule has 158 valence electrons. The van der Waals surface area contributed by atoms with E-state index < -0.39 is 0 Å². The number of aliphatic hydroxyl groups is 2. The van der Waals surface area contributed by atoms with E-state index in [2.05, 4.69) is 26.8 Å². The zero-order valence-electron chi connectivity index (χ0n) is 18.9. The molecule has 0 aromatic heterocycles. The number of hydrogen-bond acceptors (Lipinski definition) is 2. The Morgan fingerprint density at radius 1 is 1.07 bits per heavy atom. The highest BCUT2D eigenvalue weighted by molar-refractivity contribution is 5.20. The molecule has 0 heterocycles. The fraction of sp³-hybridized carbons (Fsp3) is 0.920. The maximum Gasteiger partial charge on any atom is 0.0577 e. The summed E-state index contributed by atoms with van der Waals surface area (Å²) in [7, 11) is 0. The lowest BCUT2D eigenvalue weighted by atomic mass is 9.51. The lowest BCUT2D eigenvalue weighted by Crippen LogP contribution is -2.47. The van der Waals surface area contributed by atoms with Crippen molar-refractivity contribution in [1.82, 2.24) is 0 Å². The van der Waals surface area contributed by atoms with E-state index in [1.54, 1.807) is 5.57 Å². The van der Waals surface area contributed by atoms with Crippen LogP contribution < -0.4 is 0 Å². The molecule has 4 rings (SSSR count). The molecule has 2 nitrogen and oxygen atoms in total. The monoisotopic (exact) mass is 378 g/mol. The van der Waals surface area contributed by atoms with Gasteiger partial charge in [-0.1, -0.05) is 52.7 Å². The average Bonchev–Trinajstić information content (AvgIpc) is 3.01. The van der Waals surface area contributed by atoms with Crippen LogP contribution in [0.1, 0.15) is 99.3 Å². The number of hydrogen-bond donors (Lipinski definition) is 2. The number of rotatable bonds is 1. The van der Waals surface area contributed by atoms with Gasteiger partial charge in [0.05, 0.1) is 12.2 Å². The molecular formula is C25H46O2. The Hall–Kier alpha value is -0.340. The van der Waals surface area contributed by atoms with Gasteiger partial charge in [-0.05, 0) is 93.3 Å². The minimum Gasteiger partial charge on any atom is -0.393 e. The van der Waals surface area contributed by atoms with Gasteiger partial charge in [-0.3, -0.25) is 0 Å². The molecule has 3 fully saturated rings. The van der Waals surface area contributed by atoms with Crippen LogP contribution in [0.25, 0.3) is 0 Å². The molecule has 0 bridgehead atoms. The van der Waals surface area contributed by atoms with Gasteiger partial charge in [-0.15, -0.1) is 0 Å². The zero-order chi connectivity index (χ0) is 20.2. The molecule has 0 amide bonds. The van der Waals surface area contributed by atoms with Crippen molar-refractivity contribution in [3.05, 3.63) is 11.6 Å². The highest BCUT2D eigenvalue weighted by atomic mass is 16.3. The summed E-state index contributed by atoms with van der Waals surface area (Å²) in [5.41, 5.74) is 1.95. The molecule has 8 unspecified atom stereocenters. The number of allylic oxidation sites excluding steroid dienone is 1. The smallest absolute Gasteiger partial charge is 0.0577 e. The third kappa shape index (κ3) is 4.47. The molecule has 0 aliphatic heterocycles. The second kappa shape index (κ2) is 9.92. The van der Waals surface area contributed by atoms with Gasteiger partial charge >= 0.3 is 0 Å². The van der Waals surface area contributed by atoms with Crippen molar-refractivity contribution in [3.63, 3.8) is 0 Å². The fourth-order valence-electron chi connectivity index (χ4n) is 7.08. The highest BCUT2D eigenvalue weighted by Crippen LogP contribution is 2.63. The molecule has 3 saturated carbocycles. The molecule has 0 aromatic carbocycles. The van der Waals surface area contributed by atoms with Gasteiger partial charge < -0.3 is 10.2 Å². The molecule has 4 aliphatic carbocycles. The van der Waals surface area contributed by atoms with Crippen molar-refractivity contribution in [2.45, 2.75) is 112 Å². The molecule has 0 spiro atoms. The quantitative estimate of drug-likeness (QED) is 0.521. The van der Waals surface area contributed by atoms with Gasteiger partial charge in [0.15, 0.2) is 0 Å². The van der Waals surface area contributed by atoms with E-state index in [4.69, 9.17) is 0 Å². The number of aliphatic hydroxyl groups excluding tert-OH is 2. The van der Waals surface area contributed by atoms with Gasteiger partial charge in [0.25, 0.3) is 0 Å². The molecule has 0 saturated heterocycles. The third-order valence-electron chi connectivity index (χ3n) is 8.08. The largest absolute Gasteiger partial charge is 0.393 e. The Labute approximate surface area is 168 Å². The summed E-state index contributed by atoms with van der Waals surface area (Å²) in [6.07, 6.45) is 13.1. The molecule has 0 radical (unpaired) electrons. The molecular weight excluding hydrogens is 332 g/mol. The van der Waals surface area contributed by atoms with Gasteiger partial charge in [-0.2, -0.15) is 0 Å². The van der Waals surface area contributed by atoms with Crippen LogP contribution in [-0.2, 0) is 0 Å². The topological polar surface area (TPSA) is 40.5 Å². The van der Waals surface area contributed by atoms with Gasteiger partial charge in [-0.25, -0.2) is 0 Å².